The van der Waals surface area contributed by atoms with Crippen LogP contribution in [0.3, 0.4) is 0 Å². The van der Waals surface area contributed by atoms with Crippen LogP contribution in [0.4, 0.5) is 0 Å². The Morgan fingerprint density at radius 2 is 1.86 bits per heavy atom. The smallest absolute Gasteiger partial charge is 0.230 e. The van der Waals surface area contributed by atoms with Crippen molar-refractivity contribution in [2.45, 2.75) is 63.5 Å². The van der Waals surface area contributed by atoms with Crippen molar-refractivity contribution >= 4 is 17.7 Å². The minimum Gasteiger partial charge on any atom is -0.394 e. The number of thioether (sulfide) groups is 1. The maximum Gasteiger partial charge on any atom is 0.230 e. The molecule has 5 nitrogen and oxygen atoms in total. The van der Waals surface area contributed by atoms with E-state index in [0.717, 1.165) is 44.1 Å². The summed E-state index contributed by atoms with van der Waals surface area (Å²) in [6, 6.07) is 0.513. The number of piperidine rings is 2. The fourth-order valence-electron chi connectivity index (χ4n) is 5.74. The largest absolute Gasteiger partial charge is 0.394 e. The van der Waals surface area contributed by atoms with Crippen molar-refractivity contribution in [2.75, 3.05) is 38.5 Å². The predicted octanol–water partition coefficient (Wildman–Crippen LogP) is 2.48. The van der Waals surface area contributed by atoms with Crippen molar-refractivity contribution in [1.29, 1.82) is 0 Å². The van der Waals surface area contributed by atoms with Crippen molar-refractivity contribution in [2.24, 2.45) is 17.8 Å². The van der Waals surface area contributed by atoms with Crippen LogP contribution in [0.15, 0.2) is 11.0 Å². The highest BCUT2D eigenvalue weighted by Gasteiger charge is 2.39. The van der Waals surface area contributed by atoms with Crippen molar-refractivity contribution in [3.63, 3.8) is 0 Å². The molecule has 6 heteroatoms. The zero-order valence-corrected chi connectivity index (χ0v) is 17.8. The van der Waals surface area contributed by atoms with Gasteiger partial charge in [-0.25, -0.2) is 0 Å². The molecule has 2 N–H and O–H groups in total. The Kier molecular flexibility index (Phi) is 7.02. The maximum absolute atomic E-state index is 13.3. The Hall–Kier alpha value is -0.560. The van der Waals surface area contributed by atoms with Gasteiger partial charge in [0.05, 0.1) is 18.6 Å². The second-order valence-corrected chi connectivity index (χ2v) is 10.3. The first kappa shape index (κ1) is 20.7. The monoisotopic (exact) mass is 408 g/mol. The Morgan fingerprint density at radius 3 is 2.64 bits per heavy atom. The summed E-state index contributed by atoms with van der Waals surface area (Å²) in [5.74, 6) is 2.71. The van der Waals surface area contributed by atoms with Crippen LogP contribution in [0.2, 0.25) is 0 Å². The molecule has 4 atom stereocenters. The van der Waals surface area contributed by atoms with Crippen LogP contribution < -0.4 is 0 Å². The first-order chi connectivity index (χ1) is 13.7. The van der Waals surface area contributed by atoms with E-state index in [2.05, 4.69) is 15.9 Å². The van der Waals surface area contributed by atoms with E-state index in [1.807, 2.05) is 11.8 Å². The number of aliphatic hydroxyl groups excluding tert-OH is 2. The highest BCUT2D eigenvalue weighted by atomic mass is 32.2. The molecule has 4 unspecified atom stereocenters. The van der Waals surface area contributed by atoms with Crippen molar-refractivity contribution in [3.8, 4) is 0 Å². The molecule has 28 heavy (non-hydrogen) atoms. The van der Waals surface area contributed by atoms with E-state index < -0.39 is 6.10 Å². The van der Waals surface area contributed by atoms with E-state index in [4.69, 9.17) is 5.11 Å². The quantitative estimate of drug-likeness (QED) is 0.732. The Bertz CT molecular complexity index is 574. The molecule has 1 saturated carbocycles. The number of allylic oxidation sites excluding steroid dienone is 1. The zero-order chi connectivity index (χ0) is 19.5. The summed E-state index contributed by atoms with van der Waals surface area (Å²) in [5, 5.41) is 18.7. The van der Waals surface area contributed by atoms with E-state index in [9.17, 15) is 9.90 Å². The van der Waals surface area contributed by atoms with Gasteiger partial charge in [0.1, 0.15) is 0 Å². The molecule has 3 aliphatic heterocycles. The first-order valence-electron chi connectivity index (χ1n) is 11.3. The summed E-state index contributed by atoms with van der Waals surface area (Å²) in [7, 11) is 0. The van der Waals surface area contributed by atoms with Gasteiger partial charge in [-0.1, -0.05) is 18.9 Å². The zero-order valence-electron chi connectivity index (χ0n) is 17.0. The molecule has 158 valence electrons. The highest BCUT2D eigenvalue weighted by molar-refractivity contribution is 8.03. The van der Waals surface area contributed by atoms with E-state index in [0.29, 0.717) is 24.4 Å². The molecule has 0 aromatic carbocycles. The van der Waals surface area contributed by atoms with Gasteiger partial charge in [0.2, 0.25) is 5.91 Å². The number of rotatable bonds is 5. The van der Waals surface area contributed by atoms with Gasteiger partial charge in [-0.05, 0) is 68.4 Å². The third-order valence-electron chi connectivity index (χ3n) is 7.31. The molecule has 4 rings (SSSR count). The summed E-state index contributed by atoms with van der Waals surface area (Å²) in [4.78, 5) is 19.2. The molecule has 3 heterocycles. The summed E-state index contributed by atoms with van der Waals surface area (Å²) in [6.45, 7) is 3.30. The number of carbonyl (C=O) groups is 1. The predicted molar refractivity (Wildman–Crippen MR) is 113 cm³/mol. The summed E-state index contributed by atoms with van der Waals surface area (Å²) in [6.07, 6.45) is 11.5. The lowest BCUT2D eigenvalue weighted by Gasteiger charge is -2.44. The molecule has 2 saturated heterocycles. The van der Waals surface area contributed by atoms with Gasteiger partial charge in [-0.3, -0.25) is 4.79 Å². The summed E-state index contributed by atoms with van der Waals surface area (Å²) in [5.41, 5.74) is 0. The number of nitrogens with zero attached hydrogens (tertiary/aromatic N) is 2. The van der Waals surface area contributed by atoms with Crippen LogP contribution in [-0.4, -0.2) is 76.6 Å². The highest BCUT2D eigenvalue weighted by Crippen LogP contribution is 2.41. The molecular weight excluding hydrogens is 372 g/mol. The van der Waals surface area contributed by atoms with Crippen molar-refractivity contribution in [3.05, 3.63) is 11.0 Å². The molecule has 1 amide bonds. The van der Waals surface area contributed by atoms with Gasteiger partial charge < -0.3 is 20.0 Å². The fraction of sp³-hybridized carbons (Fsp3) is 0.864. The average Bonchev–Trinajstić information content (AvgIpc) is 3.23. The number of hydrogen-bond donors (Lipinski definition) is 2. The lowest BCUT2D eigenvalue weighted by atomic mass is 9.78. The standard InChI is InChI=1S/C22H36N2O3S/c25-14-19(26)13-23-10-7-17(8-11-23)21-12-18(15-28-21)22(27)24-9-3-5-16-4-1-2-6-20(16)24/h12,16-20,25-26H,1-11,13-15H2. The first-order valence-corrected chi connectivity index (χ1v) is 12.3. The molecule has 4 aliphatic rings. The second-order valence-electron chi connectivity index (χ2n) is 9.18. The molecular formula is C22H36N2O3S. The topological polar surface area (TPSA) is 64.0 Å². The van der Waals surface area contributed by atoms with E-state index in [1.165, 1.54) is 43.4 Å². The van der Waals surface area contributed by atoms with Crippen molar-refractivity contribution < 1.29 is 15.0 Å². The lowest BCUT2D eigenvalue weighted by molar-refractivity contribution is -0.139. The van der Waals surface area contributed by atoms with Crippen LogP contribution in [0.25, 0.3) is 0 Å². The van der Waals surface area contributed by atoms with Crippen LogP contribution >= 0.6 is 11.8 Å². The summed E-state index contributed by atoms with van der Waals surface area (Å²) < 4.78 is 0. The minimum absolute atomic E-state index is 0.0786. The molecule has 1 aliphatic carbocycles. The molecule has 0 radical (unpaired) electrons. The summed E-state index contributed by atoms with van der Waals surface area (Å²) >= 11 is 1.90. The van der Waals surface area contributed by atoms with Crippen LogP contribution in [-0.2, 0) is 4.79 Å². The number of amides is 1. The number of aliphatic hydroxyl groups is 2. The van der Waals surface area contributed by atoms with Gasteiger partial charge in [-0.15, -0.1) is 11.8 Å². The van der Waals surface area contributed by atoms with Gasteiger partial charge >= 0.3 is 0 Å². The lowest BCUT2D eigenvalue weighted by Crippen LogP contribution is -2.51. The molecule has 0 spiro atoms. The third kappa shape index (κ3) is 4.61. The third-order valence-corrected chi connectivity index (χ3v) is 8.64. The molecule has 0 aromatic rings. The average molecular weight is 409 g/mol. The second kappa shape index (κ2) is 9.50. The molecule has 0 aromatic heterocycles. The van der Waals surface area contributed by atoms with Gasteiger partial charge in [0.25, 0.3) is 0 Å². The Labute approximate surface area is 173 Å². The van der Waals surface area contributed by atoms with Crippen LogP contribution in [0, 0.1) is 17.8 Å². The number of carbonyl (C=O) groups excluding carboxylic acids is 1. The number of fused-ring (bicyclic) bond motifs is 1. The number of likely N-dealkylation sites (tertiary alicyclic amines) is 2. The van der Waals surface area contributed by atoms with E-state index in [1.54, 1.807) is 0 Å². The maximum atomic E-state index is 13.3. The molecule has 3 fully saturated rings. The number of β-amino-alcohol motifs (C(OH)–C–C–N with tert-alkyl or cyclic N) is 1. The van der Waals surface area contributed by atoms with Gasteiger partial charge in [0.15, 0.2) is 0 Å². The van der Waals surface area contributed by atoms with Gasteiger partial charge in [-0.2, -0.15) is 0 Å². The normalized spacial score (nSPS) is 33.4. The van der Waals surface area contributed by atoms with Gasteiger partial charge in [0, 0.05) is 24.9 Å². The van der Waals surface area contributed by atoms with E-state index >= 15 is 0 Å². The molecule has 0 bridgehead atoms. The minimum atomic E-state index is -0.633. The Morgan fingerprint density at radius 1 is 1.11 bits per heavy atom. The van der Waals surface area contributed by atoms with Crippen molar-refractivity contribution in [1.82, 2.24) is 9.80 Å². The van der Waals surface area contributed by atoms with Crippen LogP contribution in [0.5, 0.6) is 0 Å². The fourth-order valence-corrected chi connectivity index (χ4v) is 7.09. The van der Waals surface area contributed by atoms with E-state index in [-0.39, 0.29) is 12.5 Å². The Balaban J connectivity index is 1.32. The number of hydrogen-bond acceptors (Lipinski definition) is 5. The van der Waals surface area contributed by atoms with Crippen LogP contribution in [0.1, 0.15) is 51.4 Å². The SMILES string of the molecule is O=C(C1C=C(C2CCN(CC(O)CO)CC2)SC1)N1CCCC2CCCCC21.